The van der Waals surface area contributed by atoms with Gasteiger partial charge in [0.05, 0.1) is 5.69 Å². The normalized spacial score (nSPS) is 11.9. The van der Waals surface area contributed by atoms with Gasteiger partial charge in [-0.25, -0.2) is 4.79 Å². The molecule has 0 saturated heterocycles. The van der Waals surface area contributed by atoms with Crippen LogP contribution in [-0.4, -0.2) is 17.2 Å². The van der Waals surface area contributed by atoms with Gasteiger partial charge in [0.15, 0.2) is 0 Å². The van der Waals surface area contributed by atoms with Crippen molar-refractivity contribution in [1.29, 1.82) is 0 Å². The zero-order valence-electron chi connectivity index (χ0n) is 14.2. The number of phenols is 1. The molecular weight excluding hydrogens is 312 g/mol. The summed E-state index contributed by atoms with van der Waals surface area (Å²) >= 11 is 0. The monoisotopic (exact) mass is 334 g/mol. The zero-order chi connectivity index (χ0) is 17.6. The zero-order valence-corrected chi connectivity index (χ0v) is 14.2. The van der Waals surface area contributed by atoms with E-state index in [0.29, 0.717) is 0 Å². The summed E-state index contributed by atoms with van der Waals surface area (Å²) in [5.41, 5.74) is 1.95. The maximum Gasteiger partial charge on any atom is 0.319 e. The number of benzene rings is 3. The third-order valence-electron chi connectivity index (χ3n) is 4.22. The number of hydrogen-bond donors (Lipinski definition) is 3. The highest BCUT2D eigenvalue weighted by Gasteiger charge is 2.09. The predicted molar refractivity (Wildman–Crippen MR) is 102 cm³/mol. The molecule has 3 aromatic rings. The molecule has 0 saturated carbocycles. The van der Waals surface area contributed by atoms with Crippen LogP contribution in [-0.2, 0) is 6.42 Å². The first-order chi connectivity index (χ1) is 12.1. The molecule has 1 unspecified atom stereocenters. The first kappa shape index (κ1) is 16.8. The van der Waals surface area contributed by atoms with E-state index < -0.39 is 0 Å². The fraction of sp³-hybridized carbons (Fsp3) is 0.190. The fourth-order valence-corrected chi connectivity index (χ4v) is 2.83. The Morgan fingerprint density at radius 3 is 2.52 bits per heavy atom. The third-order valence-corrected chi connectivity index (χ3v) is 4.22. The Morgan fingerprint density at radius 1 is 1.00 bits per heavy atom. The van der Waals surface area contributed by atoms with Crippen LogP contribution in [0.15, 0.2) is 66.7 Å². The summed E-state index contributed by atoms with van der Waals surface area (Å²) in [4.78, 5) is 12.3. The number of fused-ring (bicyclic) bond motifs is 1. The number of urea groups is 1. The Hall–Kier alpha value is -3.01. The number of aromatic hydroxyl groups is 1. The molecule has 1 atom stereocenters. The SMILES string of the molecule is CC(CCc1ccc(O)cc1)NC(=O)Nc1cccc2ccccc12. The van der Waals surface area contributed by atoms with Crippen molar-refractivity contribution in [2.75, 3.05) is 5.32 Å². The Morgan fingerprint density at radius 2 is 1.72 bits per heavy atom. The Kier molecular flexibility index (Phi) is 5.19. The van der Waals surface area contributed by atoms with Crippen LogP contribution in [0.1, 0.15) is 18.9 Å². The number of phenolic OH excluding ortho intramolecular Hbond substituents is 1. The second kappa shape index (κ2) is 7.71. The molecule has 0 aliphatic rings. The third kappa shape index (κ3) is 4.51. The maximum atomic E-state index is 12.3. The second-order valence-electron chi connectivity index (χ2n) is 6.23. The van der Waals surface area contributed by atoms with Crippen LogP contribution in [0.3, 0.4) is 0 Å². The number of hydrogen-bond acceptors (Lipinski definition) is 2. The van der Waals surface area contributed by atoms with Gasteiger partial charge in [-0.15, -0.1) is 0 Å². The lowest BCUT2D eigenvalue weighted by Gasteiger charge is -2.15. The van der Waals surface area contributed by atoms with Gasteiger partial charge in [-0.1, -0.05) is 48.5 Å². The van der Waals surface area contributed by atoms with Gasteiger partial charge in [0.25, 0.3) is 0 Å². The number of carbonyl (C=O) groups is 1. The molecule has 0 fully saturated rings. The lowest BCUT2D eigenvalue weighted by atomic mass is 10.1. The first-order valence-electron chi connectivity index (χ1n) is 8.45. The van der Waals surface area contributed by atoms with Crippen LogP contribution in [0.5, 0.6) is 5.75 Å². The summed E-state index contributed by atoms with van der Waals surface area (Å²) in [6.07, 6.45) is 1.67. The summed E-state index contributed by atoms with van der Waals surface area (Å²) in [6.45, 7) is 1.99. The van der Waals surface area contributed by atoms with Crippen molar-refractivity contribution < 1.29 is 9.90 Å². The van der Waals surface area contributed by atoms with E-state index >= 15 is 0 Å². The minimum Gasteiger partial charge on any atom is -0.508 e. The van der Waals surface area contributed by atoms with E-state index in [9.17, 15) is 9.90 Å². The van der Waals surface area contributed by atoms with Gasteiger partial charge >= 0.3 is 6.03 Å². The van der Waals surface area contributed by atoms with E-state index in [1.54, 1.807) is 12.1 Å². The molecule has 4 nitrogen and oxygen atoms in total. The number of anilines is 1. The van der Waals surface area contributed by atoms with E-state index in [4.69, 9.17) is 0 Å². The summed E-state index contributed by atoms with van der Waals surface area (Å²) < 4.78 is 0. The highest BCUT2D eigenvalue weighted by molar-refractivity contribution is 6.01. The molecule has 3 rings (SSSR count). The van der Waals surface area contributed by atoms with E-state index in [1.807, 2.05) is 61.5 Å². The summed E-state index contributed by atoms with van der Waals surface area (Å²) in [5, 5.41) is 17.3. The van der Waals surface area contributed by atoms with Crippen LogP contribution in [0.2, 0.25) is 0 Å². The van der Waals surface area contributed by atoms with Gasteiger partial charge in [-0.3, -0.25) is 0 Å². The number of nitrogens with one attached hydrogen (secondary N) is 2. The largest absolute Gasteiger partial charge is 0.508 e. The summed E-state index contributed by atoms with van der Waals surface area (Å²) in [6, 6.07) is 20.9. The fourth-order valence-electron chi connectivity index (χ4n) is 2.83. The standard InChI is InChI=1S/C21H22N2O2/c1-15(9-10-16-11-13-18(24)14-12-16)22-21(25)23-20-8-4-6-17-5-2-3-7-19(17)20/h2-8,11-15,24H,9-10H2,1H3,(H2,22,23,25). The van der Waals surface area contributed by atoms with Crippen molar-refractivity contribution >= 4 is 22.5 Å². The van der Waals surface area contributed by atoms with Gasteiger partial charge < -0.3 is 15.7 Å². The predicted octanol–water partition coefficient (Wildman–Crippen LogP) is 4.69. The minimum absolute atomic E-state index is 0.0452. The number of aryl methyl sites for hydroxylation is 1. The number of amides is 2. The Labute approximate surface area is 147 Å². The van der Waals surface area contributed by atoms with Gasteiger partial charge in [-0.05, 0) is 48.9 Å². The van der Waals surface area contributed by atoms with Gasteiger partial charge in [0.1, 0.15) is 5.75 Å². The molecular formula is C21H22N2O2. The van der Waals surface area contributed by atoms with Gasteiger partial charge in [0.2, 0.25) is 0 Å². The van der Waals surface area contributed by atoms with Crippen molar-refractivity contribution in [1.82, 2.24) is 5.32 Å². The van der Waals surface area contributed by atoms with Crippen molar-refractivity contribution in [3.8, 4) is 5.75 Å². The van der Waals surface area contributed by atoms with Gasteiger partial charge in [0, 0.05) is 11.4 Å². The highest BCUT2D eigenvalue weighted by Crippen LogP contribution is 2.22. The number of carbonyl (C=O) groups excluding carboxylic acids is 1. The van der Waals surface area contributed by atoms with Crippen molar-refractivity contribution in [3.63, 3.8) is 0 Å². The van der Waals surface area contributed by atoms with Crippen LogP contribution in [0, 0.1) is 0 Å². The quantitative estimate of drug-likeness (QED) is 0.634. The van der Waals surface area contributed by atoms with E-state index in [2.05, 4.69) is 10.6 Å². The summed E-state index contributed by atoms with van der Waals surface area (Å²) in [5.74, 6) is 0.268. The Balaban J connectivity index is 1.55. The van der Waals surface area contributed by atoms with Crippen molar-refractivity contribution in [2.24, 2.45) is 0 Å². The molecule has 128 valence electrons. The van der Waals surface area contributed by atoms with E-state index in [-0.39, 0.29) is 17.8 Å². The molecule has 25 heavy (non-hydrogen) atoms. The minimum atomic E-state index is -0.199. The smallest absolute Gasteiger partial charge is 0.319 e. The molecule has 0 spiro atoms. The molecule has 2 amide bonds. The highest BCUT2D eigenvalue weighted by atomic mass is 16.3. The second-order valence-corrected chi connectivity index (χ2v) is 6.23. The van der Waals surface area contributed by atoms with E-state index in [1.165, 1.54) is 0 Å². The first-order valence-corrected chi connectivity index (χ1v) is 8.45. The molecule has 3 N–H and O–H groups in total. The van der Waals surface area contributed by atoms with Crippen molar-refractivity contribution in [3.05, 3.63) is 72.3 Å². The molecule has 0 aromatic heterocycles. The maximum absolute atomic E-state index is 12.3. The lowest BCUT2D eigenvalue weighted by molar-refractivity contribution is 0.248. The lowest BCUT2D eigenvalue weighted by Crippen LogP contribution is -2.36. The van der Waals surface area contributed by atoms with Crippen LogP contribution in [0.4, 0.5) is 10.5 Å². The molecule has 0 aliphatic carbocycles. The van der Waals surface area contributed by atoms with Crippen LogP contribution in [0.25, 0.3) is 10.8 Å². The topological polar surface area (TPSA) is 61.4 Å². The van der Waals surface area contributed by atoms with Crippen LogP contribution < -0.4 is 10.6 Å². The Bertz CT molecular complexity index is 854. The van der Waals surface area contributed by atoms with Crippen molar-refractivity contribution in [2.45, 2.75) is 25.8 Å². The number of rotatable bonds is 5. The van der Waals surface area contributed by atoms with Crippen LogP contribution >= 0.6 is 0 Å². The molecule has 0 aliphatic heterocycles. The van der Waals surface area contributed by atoms with E-state index in [0.717, 1.165) is 34.9 Å². The van der Waals surface area contributed by atoms with Gasteiger partial charge in [-0.2, -0.15) is 0 Å². The molecule has 4 heteroatoms. The average molecular weight is 334 g/mol. The molecule has 0 heterocycles. The molecule has 3 aromatic carbocycles. The summed E-state index contributed by atoms with van der Waals surface area (Å²) in [7, 11) is 0. The molecule has 0 radical (unpaired) electrons. The molecule has 0 bridgehead atoms. The average Bonchev–Trinajstić information content (AvgIpc) is 2.61.